The van der Waals surface area contributed by atoms with Crippen molar-refractivity contribution in [2.45, 2.75) is 13.2 Å². The minimum Gasteiger partial charge on any atom is -0.496 e. The van der Waals surface area contributed by atoms with Crippen LogP contribution in [0.25, 0.3) is 0 Å². The van der Waals surface area contributed by atoms with Crippen molar-refractivity contribution in [1.29, 1.82) is 0 Å². The molecule has 0 aliphatic rings. The molecular weight excluding hydrogens is 404 g/mol. The van der Waals surface area contributed by atoms with Crippen LogP contribution in [-0.4, -0.2) is 13.3 Å². The van der Waals surface area contributed by atoms with E-state index >= 15 is 0 Å². The Labute approximate surface area is 168 Å². The van der Waals surface area contributed by atoms with Crippen molar-refractivity contribution in [1.82, 2.24) is 5.43 Å². The molecule has 3 aromatic rings. The van der Waals surface area contributed by atoms with Gasteiger partial charge in [-0.2, -0.15) is 5.10 Å². The molecule has 4 nitrogen and oxygen atoms in total. The van der Waals surface area contributed by atoms with Crippen molar-refractivity contribution < 1.29 is 9.47 Å². The average molecular weight is 425 g/mol. The minimum absolute atomic E-state index is 0.507. The van der Waals surface area contributed by atoms with Crippen molar-refractivity contribution in [2.24, 2.45) is 5.10 Å². The molecule has 1 N–H and O–H groups in total. The summed E-state index contributed by atoms with van der Waals surface area (Å²) in [5.74, 6) is 1.64. The Morgan fingerprint density at radius 2 is 1.63 bits per heavy atom. The third-order valence-electron chi connectivity index (χ3n) is 3.98. The Balaban J connectivity index is 1.60. The number of nitrogens with zero attached hydrogens (tertiary/aromatic N) is 1. The van der Waals surface area contributed by atoms with E-state index in [1.807, 2.05) is 72.8 Å². The second kappa shape index (κ2) is 9.78. The maximum absolute atomic E-state index is 5.96. The Kier molecular flexibility index (Phi) is 6.88. The van der Waals surface area contributed by atoms with Crippen LogP contribution in [0, 0.1) is 0 Å². The molecule has 0 atom stereocenters. The Bertz CT molecular complexity index is 895. The van der Waals surface area contributed by atoms with Crippen LogP contribution < -0.4 is 14.9 Å². The molecule has 0 saturated carbocycles. The molecule has 3 aromatic carbocycles. The zero-order chi connectivity index (χ0) is 18.9. The van der Waals surface area contributed by atoms with Crippen molar-refractivity contribution in [3.05, 3.63) is 94.0 Å². The molecule has 0 saturated heterocycles. The first-order chi connectivity index (χ1) is 13.3. The number of benzene rings is 3. The van der Waals surface area contributed by atoms with E-state index in [9.17, 15) is 0 Å². The lowest BCUT2D eigenvalue weighted by Crippen LogP contribution is -2.07. The first-order valence-corrected chi connectivity index (χ1v) is 9.39. The van der Waals surface area contributed by atoms with Gasteiger partial charge in [0.05, 0.1) is 19.9 Å². The van der Waals surface area contributed by atoms with E-state index in [1.165, 1.54) is 0 Å². The molecule has 0 aromatic heterocycles. The molecule has 27 heavy (non-hydrogen) atoms. The van der Waals surface area contributed by atoms with Crippen LogP contribution >= 0.6 is 15.9 Å². The summed E-state index contributed by atoms with van der Waals surface area (Å²) in [7, 11) is 1.67. The fraction of sp³-hybridized carbons (Fsp3) is 0.136. The van der Waals surface area contributed by atoms with E-state index < -0.39 is 0 Å². The van der Waals surface area contributed by atoms with E-state index in [0.29, 0.717) is 13.2 Å². The van der Waals surface area contributed by atoms with Crippen LogP contribution in [0.2, 0.25) is 0 Å². The summed E-state index contributed by atoms with van der Waals surface area (Å²) >= 11 is 3.44. The van der Waals surface area contributed by atoms with Crippen molar-refractivity contribution in [3.63, 3.8) is 0 Å². The zero-order valence-corrected chi connectivity index (χ0v) is 16.6. The Morgan fingerprint density at radius 1 is 0.926 bits per heavy atom. The van der Waals surface area contributed by atoms with Gasteiger partial charge in [-0.1, -0.05) is 58.4 Å². The smallest absolute Gasteiger partial charge is 0.128 e. The van der Waals surface area contributed by atoms with E-state index in [1.54, 1.807) is 13.3 Å². The van der Waals surface area contributed by atoms with Crippen molar-refractivity contribution >= 4 is 22.1 Å². The van der Waals surface area contributed by atoms with Crippen molar-refractivity contribution in [2.75, 3.05) is 7.11 Å². The van der Waals surface area contributed by atoms with Crippen LogP contribution in [0.4, 0.5) is 0 Å². The molecular formula is C22H21BrN2O2. The quantitative estimate of drug-likeness (QED) is 0.401. The predicted octanol–water partition coefficient (Wildman–Crippen LogP) is 5.16. The first-order valence-electron chi connectivity index (χ1n) is 8.60. The zero-order valence-electron chi connectivity index (χ0n) is 15.1. The maximum Gasteiger partial charge on any atom is 0.128 e. The lowest BCUT2D eigenvalue weighted by molar-refractivity contribution is 0.306. The number of hydrogen-bond donors (Lipinski definition) is 1. The largest absolute Gasteiger partial charge is 0.496 e. The van der Waals surface area contributed by atoms with E-state index in [0.717, 1.165) is 32.7 Å². The molecule has 0 spiro atoms. The highest BCUT2D eigenvalue weighted by atomic mass is 79.9. The topological polar surface area (TPSA) is 42.8 Å². The molecule has 0 unspecified atom stereocenters. The molecule has 0 aliphatic heterocycles. The van der Waals surface area contributed by atoms with Gasteiger partial charge in [-0.15, -0.1) is 0 Å². The summed E-state index contributed by atoms with van der Waals surface area (Å²) in [5.41, 5.74) is 6.14. The summed E-state index contributed by atoms with van der Waals surface area (Å²) in [6, 6.07) is 23.8. The number of para-hydroxylation sites is 2. The molecule has 138 valence electrons. The van der Waals surface area contributed by atoms with Gasteiger partial charge < -0.3 is 14.9 Å². The average Bonchev–Trinajstić information content (AvgIpc) is 2.72. The Hall–Kier alpha value is -2.79. The van der Waals surface area contributed by atoms with E-state index in [2.05, 4.69) is 26.5 Å². The molecule has 0 heterocycles. The standard InChI is InChI=1S/C22H21BrN2O2/c1-26-21-8-4-2-6-18(21)14-24-25-15-19-7-3-5-9-22(19)27-16-17-10-12-20(23)13-11-17/h2-13,15,24H,14,16H2,1H3/b25-15-. The summed E-state index contributed by atoms with van der Waals surface area (Å²) in [6.45, 7) is 1.09. The van der Waals surface area contributed by atoms with Crippen LogP contribution in [0.3, 0.4) is 0 Å². The summed E-state index contributed by atoms with van der Waals surface area (Å²) in [6.07, 6.45) is 1.77. The van der Waals surface area contributed by atoms with Crippen molar-refractivity contribution in [3.8, 4) is 11.5 Å². The predicted molar refractivity (Wildman–Crippen MR) is 112 cm³/mol. The van der Waals surface area contributed by atoms with Gasteiger partial charge in [0.15, 0.2) is 0 Å². The number of ether oxygens (including phenoxy) is 2. The van der Waals surface area contributed by atoms with Gasteiger partial charge in [-0.25, -0.2) is 0 Å². The monoisotopic (exact) mass is 424 g/mol. The number of halogens is 1. The van der Waals surface area contributed by atoms with Gasteiger partial charge in [0.2, 0.25) is 0 Å². The summed E-state index contributed by atoms with van der Waals surface area (Å²) in [4.78, 5) is 0. The first kappa shape index (κ1) is 19.0. The van der Waals surface area contributed by atoms with Crippen LogP contribution in [0.1, 0.15) is 16.7 Å². The van der Waals surface area contributed by atoms with Crippen LogP contribution in [0.15, 0.2) is 82.4 Å². The minimum atomic E-state index is 0.507. The van der Waals surface area contributed by atoms with Gasteiger partial charge >= 0.3 is 0 Å². The molecule has 0 aliphatic carbocycles. The highest BCUT2D eigenvalue weighted by Gasteiger charge is 2.02. The highest BCUT2D eigenvalue weighted by Crippen LogP contribution is 2.19. The SMILES string of the molecule is COc1ccccc1CN/N=C\c1ccccc1OCc1ccc(Br)cc1. The molecule has 5 heteroatoms. The molecule has 0 radical (unpaired) electrons. The molecule has 0 amide bonds. The lowest BCUT2D eigenvalue weighted by Gasteiger charge is -2.10. The summed E-state index contributed by atoms with van der Waals surface area (Å²) in [5, 5.41) is 4.32. The van der Waals surface area contributed by atoms with Crippen LogP contribution in [-0.2, 0) is 13.2 Å². The van der Waals surface area contributed by atoms with Gasteiger partial charge in [0, 0.05) is 15.6 Å². The van der Waals surface area contributed by atoms with Gasteiger partial charge in [0.25, 0.3) is 0 Å². The van der Waals surface area contributed by atoms with E-state index in [4.69, 9.17) is 9.47 Å². The fourth-order valence-corrected chi connectivity index (χ4v) is 2.82. The van der Waals surface area contributed by atoms with Crippen LogP contribution in [0.5, 0.6) is 11.5 Å². The second-order valence-corrected chi connectivity index (χ2v) is 6.77. The summed E-state index contributed by atoms with van der Waals surface area (Å²) < 4.78 is 12.4. The number of nitrogens with one attached hydrogen (secondary N) is 1. The molecule has 3 rings (SSSR count). The van der Waals surface area contributed by atoms with Gasteiger partial charge in [-0.3, -0.25) is 0 Å². The highest BCUT2D eigenvalue weighted by molar-refractivity contribution is 9.10. The van der Waals surface area contributed by atoms with Gasteiger partial charge in [-0.05, 0) is 35.9 Å². The molecule has 0 bridgehead atoms. The number of hydrogen-bond acceptors (Lipinski definition) is 4. The van der Waals surface area contributed by atoms with E-state index in [-0.39, 0.29) is 0 Å². The Morgan fingerprint density at radius 3 is 2.41 bits per heavy atom. The maximum atomic E-state index is 5.96. The number of rotatable bonds is 8. The third-order valence-corrected chi connectivity index (χ3v) is 4.51. The second-order valence-electron chi connectivity index (χ2n) is 5.86. The third kappa shape index (κ3) is 5.59. The molecule has 0 fully saturated rings. The fourth-order valence-electron chi connectivity index (χ4n) is 2.56. The van der Waals surface area contributed by atoms with Gasteiger partial charge in [0.1, 0.15) is 18.1 Å². The number of methoxy groups -OCH3 is 1. The number of hydrazone groups is 1. The lowest BCUT2D eigenvalue weighted by atomic mass is 10.2. The normalized spacial score (nSPS) is 10.7.